The van der Waals surface area contributed by atoms with Crippen LogP contribution >= 0.6 is 0 Å². The minimum absolute atomic E-state index is 0.104. The molecule has 2 aliphatic rings. The molecule has 1 unspecified atom stereocenters. The lowest BCUT2D eigenvalue weighted by molar-refractivity contribution is -0.123. The maximum Gasteiger partial charge on any atom is 0.237 e. The van der Waals surface area contributed by atoms with E-state index in [-0.39, 0.29) is 11.9 Å². The Balaban J connectivity index is 1.44. The van der Waals surface area contributed by atoms with Crippen LogP contribution in [0.15, 0.2) is 24.3 Å². The average molecular weight is 288 g/mol. The van der Waals surface area contributed by atoms with Crippen molar-refractivity contribution in [2.75, 3.05) is 13.2 Å². The lowest BCUT2D eigenvalue weighted by Crippen LogP contribution is -2.48. The number of amides is 1. The van der Waals surface area contributed by atoms with E-state index in [2.05, 4.69) is 22.8 Å². The molecule has 4 nitrogen and oxygen atoms in total. The summed E-state index contributed by atoms with van der Waals surface area (Å²) in [5, 5.41) is 6.37. The number of fused-ring (bicyclic) bond motifs is 1. The first-order valence-corrected chi connectivity index (χ1v) is 8.02. The first kappa shape index (κ1) is 14.5. The fraction of sp³-hybridized carbons (Fsp3) is 0.588. The summed E-state index contributed by atoms with van der Waals surface area (Å²) in [7, 11) is 0. The van der Waals surface area contributed by atoms with E-state index < -0.39 is 0 Å². The van der Waals surface area contributed by atoms with Crippen molar-refractivity contribution in [1.82, 2.24) is 10.6 Å². The third-order valence-electron chi connectivity index (χ3n) is 4.44. The van der Waals surface area contributed by atoms with Crippen molar-refractivity contribution in [2.45, 2.75) is 50.8 Å². The highest BCUT2D eigenvalue weighted by Crippen LogP contribution is 2.17. The number of hydrogen-bond donors (Lipinski definition) is 2. The molecular weight excluding hydrogens is 264 g/mol. The van der Waals surface area contributed by atoms with Gasteiger partial charge in [0, 0.05) is 19.7 Å². The Morgan fingerprint density at radius 1 is 1.29 bits per heavy atom. The molecule has 2 atom stereocenters. The summed E-state index contributed by atoms with van der Waals surface area (Å²) in [5.74, 6) is 0.111. The van der Waals surface area contributed by atoms with Gasteiger partial charge in [-0.15, -0.1) is 0 Å². The zero-order valence-electron chi connectivity index (χ0n) is 12.4. The van der Waals surface area contributed by atoms with Gasteiger partial charge >= 0.3 is 0 Å². The molecule has 4 heteroatoms. The lowest BCUT2D eigenvalue weighted by Gasteiger charge is -2.26. The minimum atomic E-state index is -0.104. The Labute approximate surface area is 126 Å². The Morgan fingerprint density at radius 3 is 2.95 bits per heavy atom. The van der Waals surface area contributed by atoms with Crippen LogP contribution < -0.4 is 10.6 Å². The molecule has 0 bridgehead atoms. The third kappa shape index (κ3) is 3.83. The fourth-order valence-corrected chi connectivity index (χ4v) is 3.15. The maximum atomic E-state index is 12.2. The van der Waals surface area contributed by atoms with Gasteiger partial charge in [0.25, 0.3) is 0 Å². The predicted octanol–water partition coefficient (Wildman–Crippen LogP) is 1.78. The Hall–Kier alpha value is -1.39. The minimum Gasteiger partial charge on any atom is -0.378 e. The van der Waals surface area contributed by atoms with Crippen LogP contribution in [-0.2, 0) is 22.5 Å². The van der Waals surface area contributed by atoms with Gasteiger partial charge in [0.15, 0.2) is 0 Å². The summed E-state index contributed by atoms with van der Waals surface area (Å²) >= 11 is 0. The predicted molar refractivity (Wildman–Crippen MR) is 82.0 cm³/mol. The molecule has 2 aliphatic heterocycles. The highest BCUT2D eigenvalue weighted by molar-refractivity contribution is 5.82. The van der Waals surface area contributed by atoms with Crippen molar-refractivity contribution >= 4 is 5.91 Å². The fourth-order valence-electron chi connectivity index (χ4n) is 3.15. The summed E-state index contributed by atoms with van der Waals surface area (Å²) < 4.78 is 5.68. The van der Waals surface area contributed by atoms with Crippen molar-refractivity contribution in [1.29, 1.82) is 0 Å². The van der Waals surface area contributed by atoms with E-state index in [0.29, 0.717) is 12.6 Å². The van der Waals surface area contributed by atoms with Crippen molar-refractivity contribution in [3.05, 3.63) is 35.4 Å². The van der Waals surface area contributed by atoms with Crippen molar-refractivity contribution in [2.24, 2.45) is 0 Å². The molecule has 21 heavy (non-hydrogen) atoms. The molecule has 1 fully saturated rings. The molecule has 1 saturated heterocycles. The lowest BCUT2D eigenvalue weighted by atomic mass is 9.95. The van der Waals surface area contributed by atoms with E-state index in [1.807, 2.05) is 12.1 Å². The smallest absolute Gasteiger partial charge is 0.237 e. The average Bonchev–Trinajstić information content (AvgIpc) is 2.55. The Morgan fingerprint density at radius 2 is 2.14 bits per heavy atom. The van der Waals surface area contributed by atoms with Gasteiger partial charge in [-0.25, -0.2) is 0 Å². The second-order valence-electron chi connectivity index (χ2n) is 5.97. The van der Waals surface area contributed by atoms with Gasteiger partial charge in [-0.3, -0.25) is 4.79 Å². The van der Waals surface area contributed by atoms with Gasteiger partial charge < -0.3 is 15.4 Å². The molecular formula is C17H24N2O2. The van der Waals surface area contributed by atoms with E-state index in [9.17, 15) is 4.79 Å². The van der Waals surface area contributed by atoms with Gasteiger partial charge in [-0.05, 0) is 43.2 Å². The molecule has 1 aromatic rings. The summed E-state index contributed by atoms with van der Waals surface area (Å²) in [6.45, 7) is 2.36. The molecule has 0 saturated carbocycles. The van der Waals surface area contributed by atoms with Gasteiger partial charge in [-0.2, -0.15) is 0 Å². The molecule has 2 heterocycles. The van der Waals surface area contributed by atoms with Crippen molar-refractivity contribution in [3.63, 3.8) is 0 Å². The summed E-state index contributed by atoms with van der Waals surface area (Å²) in [4.78, 5) is 12.2. The molecule has 0 spiro atoms. The van der Waals surface area contributed by atoms with Crippen LogP contribution in [0.25, 0.3) is 0 Å². The van der Waals surface area contributed by atoms with E-state index >= 15 is 0 Å². The highest BCUT2D eigenvalue weighted by Gasteiger charge is 2.23. The molecule has 114 valence electrons. The molecule has 0 aliphatic carbocycles. The number of benzene rings is 1. The quantitative estimate of drug-likeness (QED) is 0.888. The summed E-state index contributed by atoms with van der Waals surface area (Å²) in [6, 6.07) is 8.22. The topological polar surface area (TPSA) is 50.4 Å². The monoisotopic (exact) mass is 288 g/mol. The van der Waals surface area contributed by atoms with Gasteiger partial charge in [0.05, 0.1) is 12.1 Å². The van der Waals surface area contributed by atoms with Crippen LogP contribution in [0.2, 0.25) is 0 Å². The Kier molecular flexibility index (Phi) is 4.88. The van der Waals surface area contributed by atoms with E-state index in [4.69, 9.17) is 4.74 Å². The van der Waals surface area contributed by atoms with Gasteiger partial charge in [-0.1, -0.05) is 24.3 Å². The standard InChI is InChI=1S/C17H24N2O2/c20-17(18-9-8-15-7-3-4-10-21-15)16-11-13-5-1-2-6-14(13)12-19-16/h1-2,5-6,15-16,19H,3-4,7-12H2,(H,18,20)/t15?,16-/m0/s1. The molecule has 1 amide bonds. The Bertz CT molecular complexity index is 483. The van der Waals surface area contributed by atoms with Gasteiger partial charge in [0.1, 0.15) is 0 Å². The first-order valence-electron chi connectivity index (χ1n) is 8.02. The number of nitrogens with one attached hydrogen (secondary N) is 2. The van der Waals surface area contributed by atoms with Crippen LogP contribution in [0.5, 0.6) is 0 Å². The van der Waals surface area contributed by atoms with E-state index in [1.54, 1.807) is 0 Å². The second kappa shape index (κ2) is 7.05. The van der Waals surface area contributed by atoms with Crippen LogP contribution in [0.4, 0.5) is 0 Å². The van der Waals surface area contributed by atoms with E-state index in [1.165, 1.54) is 24.0 Å². The summed E-state index contributed by atoms with van der Waals surface area (Å²) in [6.07, 6.45) is 5.59. The molecule has 0 radical (unpaired) electrons. The second-order valence-corrected chi connectivity index (χ2v) is 5.97. The maximum absolute atomic E-state index is 12.2. The van der Waals surface area contributed by atoms with Crippen molar-refractivity contribution in [3.8, 4) is 0 Å². The number of ether oxygens (including phenoxy) is 1. The van der Waals surface area contributed by atoms with Crippen LogP contribution in [-0.4, -0.2) is 31.2 Å². The van der Waals surface area contributed by atoms with Crippen LogP contribution in [0.3, 0.4) is 0 Å². The number of carbonyl (C=O) groups excluding carboxylic acids is 1. The molecule has 1 aromatic carbocycles. The highest BCUT2D eigenvalue weighted by atomic mass is 16.5. The number of carbonyl (C=O) groups is 1. The molecule has 2 N–H and O–H groups in total. The zero-order valence-corrected chi connectivity index (χ0v) is 12.4. The normalized spacial score (nSPS) is 25.1. The third-order valence-corrected chi connectivity index (χ3v) is 4.44. The van der Waals surface area contributed by atoms with E-state index in [0.717, 1.165) is 32.4 Å². The van der Waals surface area contributed by atoms with Crippen LogP contribution in [0.1, 0.15) is 36.8 Å². The first-order chi connectivity index (χ1) is 10.3. The molecule has 0 aromatic heterocycles. The number of hydrogen-bond acceptors (Lipinski definition) is 3. The van der Waals surface area contributed by atoms with Crippen LogP contribution in [0, 0.1) is 0 Å². The summed E-state index contributed by atoms with van der Waals surface area (Å²) in [5.41, 5.74) is 2.59. The SMILES string of the molecule is O=C(NCCC1CCCCO1)[C@@H]1Cc2ccccc2CN1. The zero-order chi connectivity index (χ0) is 14.5. The van der Waals surface area contributed by atoms with Crippen molar-refractivity contribution < 1.29 is 9.53 Å². The largest absolute Gasteiger partial charge is 0.378 e. The van der Waals surface area contributed by atoms with Gasteiger partial charge in [0.2, 0.25) is 5.91 Å². The number of rotatable bonds is 4. The molecule has 3 rings (SSSR count).